The van der Waals surface area contributed by atoms with Crippen LogP contribution in [0.4, 0.5) is 5.69 Å². The Balaban J connectivity index is 1.47. The number of likely N-dealkylation sites (tertiary alicyclic amines) is 1. The normalized spacial score (nSPS) is 18.5. The number of rotatable bonds is 6. The number of aryl methyl sites for hydroxylation is 1. The van der Waals surface area contributed by atoms with Gasteiger partial charge in [0.2, 0.25) is 0 Å². The molecule has 0 spiro atoms. The van der Waals surface area contributed by atoms with Gasteiger partial charge in [0.15, 0.2) is 0 Å². The lowest BCUT2D eigenvalue weighted by molar-refractivity contribution is 0.0881. The van der Waals surface area contributed by atoms with E-state index in [1.165, 1.54) is 0 Å². The molecule has 3 N–H and O–H groups in total. The molecule has 0 bridgehead atoms. The fraction of sp³-hybridized carbons (Fsp3) is 0.308. The van der Waals surface area contributed by atoms with Crippen LogP contribution in [0.25, 0.3) is 22.3 Å². The number of hydrogen-bond donors (Lipinski definition) is 3. The Labute approximate surface area is 203 Å². The van der Waals surface area contributed by atoms with Crippen molar-refractivity contribution in [2.24, 2.45) is 12.0 Å². The Bertz CT molecular complexity index is 1370. The van der Waals surface area contributed by atoms with Crippen LogP contribution in [0.15, 0.2) is 59.4 Å². The minimum Gasteiger partial charge on any atom is -0.391 e. The third-order valence-corrected chi connectivity index (χ3v) is 6.67. The Morgan fingerprint density at radius 3 is 3.00 bits per heavy atom. The number of allylic oxidation sites excluding steroid dienone is 3. The smallest absolute Gasteiger partial charge is 0.254 e. The molecule has 2 aliphatic heterocycles. The summed E-state index contributed by atoms with van der Waals surface area (Å²) >= 11 is 0. The minimum absolute atomic E-state index is 0.151. The van der Waals surface area contributed by atoms with Gasteiger partial charge in [-0.2, -0.15) is 0 Å². The van der Waals surface area contributed by atoms with E-state index in [4.69, 9.17) is 4.98 Å². The summed E-state index contributed by atoms with van der Waals surface area (Å²) in [4.78, 5) is 28.3. The zero-order valence-electron chi connectivity index (χ0n) is 20.0. The molecule has 3 aromatic rings. The third-order valence-electron chi connectivity index (χ3n) is 6.67. The molecule has 0 saturated carbocycles. The van der Waals surface area contributed by atoms with Crippen LogP contribution in [0.5, 0.6) is 0 Å². The fourth-order valence-electron chi connectivity index (χ4n) is 4.79. The SMILES string of the molecule is C=N/C(=C\C=C(/C)N1CCC[C@H](O)C1)Nc1cnc(-c2ccnc3c2ccn3C)c2c1C(=O)NC2. The summed E-state index contributed by atoms with van der Waals surface area (Å²) in [6, 6.07) is 3.95. The van der Waals surface area contributed by atoms with Crippen molar-refractivity contribution in [3.8, 4) is 11.3 Å². The number of nitrogens with one attached hydrogen (secondary N) is 2. The average Bonchev–Trinajstić information content (AvgIpc) is 3.45. The number of aliphatic hydroxyl groups excluding tert-OH is 1. The van der Waals surface area contributed by atoms with E-state index in [2.05, 4.69) is 32.2 Å². The van der Waals surface area contributed by atoms with E-state index in [-0.39, 0.29) is 12.0 Å². The van der Waals surface area contributed by atoms with Crippen molar-refractivity contribution in [1.29, 1.82) is 0 Å². The molecular weight excluding hydrogens is 442 g/mol. The molecule has 1 fully saturated rings. The highest BCUT2D eigenvalue weighted by Gasteiger charge is 2.28. The number of aliphatic hydroxyl groups is 1. The number of carbonyl (C=O) groups excluding carboxylic acids is 1. The molecule has 35 heavy (non-hydrogen) atoms. The molecule has 0 radical (unpaired) electrons. The van der Waals surface area contributed by atoms with Gasteiger partial charge in [0, 0.05) is 61.3 Å². The molecule has 9 nitrogen and oxygen atoms in total. The third kappa shape index (κ3) is 4.30. The summed E-state index contributed by atoms with van der Waals surface area (Å²) in [5.74, 6) is 0.356. The van der Waals surface area contributed by atoms with Crippen LogP contribution in [0.2, 0.25) is 0 Å². The van der Waals surface area contributed by atoms with Gasteiger partial charge in [-0.3, -0.25) is 9.78 Å². The molecule has 5 rings (SSSR count). The predicted octanol–water partition coefficient (Wildman–Crippen LogP) is 3.19. The number of aliphatic imine (C=N–C) groups is 1. The van der Waals surface area contributed by atoms with E-state index >= 15 is 0 Å². The molecule has 1 atom stereocenters. The van der Waals surface area contributed by atoms with Crippen molar-refractivity contribution in [2.75, 3.05) is 18.4 Å². The molecule has 0 aliphatic carbocycles. The molecule has 0 aromatic carbocycles. The fourth-order valence-corrected chi connectivity index (χ4v) is 4.79. The van der Waals surface area contributed by atoms with Crippen LogP contribution >= 0.6 is 0 Å². The van der Waals surface area contributed by atoms with Crippen molar-refractivity contribution >= 4 is 29.3 Å². The maximum Gasteiger partial charge on any atom is 0.254 e. The lowest BCUT2D eigenvalue weighted by Crippen LogP contribution is -2.36. The van der Waals surface area contributed by atoms with Crippen LogP contribution in [0.1, 0.15) is 35.7 Å². The minimum atomic E-state index is -0.297. The van der Waals surface area contributed by atoms with Crippen LogP contribution < -0.4 is 10.6 Å². The number of piperidine rings is 1. The number of aromatic nitrogens is 3. The summed E-state index contributed by atoms with van der Waals surface area (Å²) in [5, 5.41) is 17.1. The Kier molecular flexibility index (Phi) is 6.08. The second kappa shape index (κ2) is 9.34. The Morgan fingerprint density at radius 1 is 1.34 bits per heavy atom. The number of carbonyl (C=O) groups is 1. The van der Waals surface area contributed by atoms with Crippen molar-refractivity contribution in [3.63, 3.8) is 0 Å². The standard InChI is InChI=1S/C26H29N7O2/c1-16(33-11-4-5-17(34)15-33)6-7-22(27-2)31-21-14-29-24(20-13-30-26(35)23(20)21)18-8-10-28-25-19(18)9-12-32(25)3/h6-10,12,14,17,31,34H,2,4-5,11,13,15H2,1,3H3,(H,30,35)/b16-6+,22-7+/t17-/m0/s1. The lowest BCUT2D eigenvalue weighted by atomic mass is 10.0. The first kappa shape index (κ1) is 22.8. The van der Waals surface area contributed by atoms with Crippen molar-refractivity contribution in [3.05, 3.63) is 65.5 Å². The van der Waals surface area contributed by atoms with Gasteiger partial charge < -0.3 is 25.2 Å². The topological polar surface area (TPSA) is 108 Å². The van der Waals surface area contributed by atoms with Crippen molar-refractivity contribution in [1.82, 2.24) is 24.8 Å². The van der Waals surface area contributed by atoms with E-state index in [0.717, 1.165) is 52.9 Å². The number of nitrogens with zero attached hydrogens (tertiary/aromatic N) is 5. The summed E-state index contributed by atoms with van der Waals surface area (Å²) < 4.78 is 1.96. The molecule has 1 amide bonds. The van der Waals surface area contributed by atoms with Gasteiger partial charge in [0.05, 0.1) is 29.2 Å². The van der Waals surface area contributed by atoms with E-state index < -0.39 is 0 Å². The number of β-amino-alcohol motifs (C(OH)–C–C–N with tert-alkyl or cyclic N) is 1. The quantitative estimate of drug-likeness (QED) is 0.377. The monoisotopic (exact) mass is 471 g/mol. The summed E-state index contributed by atoms with van der Waals surface area (Å²) in [6.07, 6.45) is 10.7. The second-order valence-electron chi connectivity index (χ2n) is 8.96. The predicted molar refractivity (Wildman–Crippen MR) is 137 cm³/mol. The summed E-state index contributed by atoms with van der Waals surface area (Å²) in [5.41, 5.74) is 5.58. The number of anilines is 1. The maximum atomic E-state index is 12.8. The Hall–Kier alpha value is -3.98. The highest BCUT2D eigenvalue weighted by Crippen LogP contribution is 2.35. The number of hydrogen-bond acceptors (Lipinski definition) is 7. The second-order valence-corrected chi connectivity index (χ2v) is 8.96. The molecule has 5 heterocycles. The average molecular weight is 472 g/mol. The van der Waals surface area contributed by atoms with E-state index in [0.29, 0.717) is 30.2 Å². The molecule has 2 aliphatic rings. The highest BCUT2D eigenvalue weighted by atomic mass is 16.3. The molecule has 9 heteroatoms. The van der Waals surface area contributed by atoms with Crippen molar-refractivity contribution in [2.45, 2.75) is 32.4 Å². The van der Waals surface area contributed by atoms with E-state index in [1.54, 1.807) is 12.4 Å². The van der Waals surface area contributed by atoms with E-state index in [9.17, 15) is 9.90 Å². The summed E-state index contributed by atoms with van der Waals surface area (Å²) in [6.45, 7) is 7.64. The zero-order chi connectivity index (χ0) is 24.5. The molecular formula is C26H29N7O2. The first-order valence-electron chi connectivity index (χ1n) is 11.7. The van der Waals surface area contributed by atoms with Gasteiger partial charge in [-0.1, -0.05) is 0 Å². The summed E-state index contributed by atoms with van der Waals surface area (Å²) in [7, 11) is 1.95. The maximum absolute atomic E-state index is 12.8. The molecule has 180 valence electrons. The molecule has 0 unspecified atom stereocenters. The van der Waals surface area contributed by atoms with Gasteiger partial charge in [-0.05, 0) is 50.8 Å². The molecule has 1 saturated heterocycles. The highest BCUT2D eigenvalue weighted by molar-refractivity contribution is 6.06. The van der Waals surface area contributed by atoms with Crippen LogP contribution in [-0.4, -0.2) is 56.4 Å². The first-order valence-corrected chi connectivity index (χ1v) is 11.7. The largest absolute Gasteiger partial charge is 0.391 e. The van der Waals surface area contributed by atoms with E-state index in [1.807, 2.05) is 49.0 Å². The van der Waals surface area contributed by atoms with Crippen molar-refractivity contribution < 1.29 is 9.90 Å². The van der Waals surface area contributed by atoms with Gasteiger partial charge in [0.1, 0.15) is 11.5 Å². The molecule has 3 aromatic heterocycles. The van der Waals surface area contributed by atoms with Crippen LogP contribution in [0.3, 0.4) is 0 Å². The zero-order valence-corrected chi connectivity index (χ0v) is 20.0. The van der Waals surface area contributed by atoms with Gasteiger partial charge >= 0.3 is 0 Å². The number of fused-ring (bicyclic) bond motifs is 2. The van der Waals surface area contributed by atoms with Gasteiger partial charge in [-0.25, -0.2) is 9.98 Å². The number of amides is 1. The van der Waals surface area contributed by atoms with Crippen LogP contribution in [0, 0.1) is 0 Å². The van der Waals surface area contributed by atoms with Gasteiger partial charge in [0.25, 0.3) is 5.91 Å². The Morgan fingerprint density at radius 2 is 2.20 bits per heavy atom. The van der Waals surface area contributed by atoms with Gasteiger partial charge in [-0.15, -0.1) is 0 Å². The first-order chi connectivity index (χ1) is 17.0. The number of pyridine rings is 2. The van der Waals surface area contributed by atoms with Crippen LogP contribution in [-0.2, 0) is 13.6 Å². The lowest BCUT2D eigenvalue weighted by Gasteiger charge is -2.32.